The van der Waals surface area contributed by atoms with E-state index >= 15 is 0 Å². The van der Waals surface area contributed by atoms with E-state index < -0.39 is 11.7 Å². The molecule has 0 spiro atoms. The van der Waals surface area contributed by atoms with Crippen LogP contribution in [0.2, 0.25) is 0 Å². The van der Waals surface area contributed by atoms with Crippen LogP contribution >= 0.6 is 0 Å². The van der Waals surface area contributed by atoms with E-state index in [2.05, 4.69) is 10.3 Å². The minimum Gasteiger partial charge on any atom is -0.399 e. The summed E-state index contributed by atoms with van der Waals surface area (Å²) in [4.78, 5) is 16.2. The Hall–Kier alpha value is -2.95. The lowest BCUT2D eigenvalue weighted by molar-refractivity contribution is 0.102. The summed E-state index contributed by atoms with van der Waals surface area (Å²) in [5.74, 6) is -1.16. The predicted octanol–water partition coefficient (Wildman–Crippen LogP) is 3.21. The third-order valence-electron chi connectivity index (χ3n) is 3.17. The number of anilines is 2. The number of carbonyl (C=O) groups is 1. The van der Waals surface area contributed by atoms with Crippen molar-refractivity contribution < 1.29 is 9.18 Å². The average Bonchev–Trinajstić information content (AvgIpc) is 2.50. The van der Waals surface area contributed by atoms with Crippen molar-refractivity contribution in [2.45, 2.75) is 0 Å². The van der Waals surface area contributed by atoms with Crippen LogP contribution in [0.3, 0.4) is 0 Å². The maximum Gasteiger partial charge on any atom is 0.258 e. The lowest BCUT2D eigenvalue weighted by atomic mass is 10.1. The zero-order valence-electron chi connectivity index (χ0n) is 11.0. The van der Waals surface area contributed by atoms with Crippen molar-refractivity contribution in [3.8, 4) is 0 Å². The number of rotatable bonds is 2. The highest BCUT2D eigenvalue weighted by Crippen LogP contribution is 2.23. The van der Waals surface area contributed by atoms with Gasteiger partial charge in [0.1, 0.15) is 5.82 Å². The van der Waals surface area contributed by atoms with Crippen molar-refractivity contribution >= 4 is 28.1 Å². The molecule has 0 radical (unpaired) electrons. The second-order valence-corrected chi connectivity index (χ2v) is 4.60. The van der Waals surface area contributed by atoms with Crippen LogP contribution in [0.5, 0.6) is 0 Å². The Kier molecular flexibility index (Phi) is 3.23. The lowest BCUT2D eigenvalue weighted by Gasteiger charge is -2.09. The largest absolute Gasteiger partial charge is 0.399 e. The first kappa shape index (κ1) is 13.1. The Balaban J connectivity index is 1.99. The van der Waals surface area contributed by atoms with Crippen LogP contribution in [-0.2, 0) is 0 Å². The van der Waals surface area contributed by atoms with E-state index in [9.17, 15) is 9.18 Å². The minimum absolute atomic E-state index is 0.0871. The molecule has 1 aromatic heterocycles. The van der Waals surface area contributed by atoms with Gasteiger partial charge < -0.3 is 11.1 Å². The van der Waals surface area contributed by atoms with Gasteiger partial charge in [0.25, 0.3) is 5.91 Å². The topological polar surface area (TPSA) is 68.0 Å². The molecule has 2 aromatic carbocycles. The van der Waals surface area contributed by atoms with Crippen LogP contribution in [-0.4, -0.2) is 10.9 Å². The second-order valence-electron chi connectivity index (χ2n) is 4.60. The molecule has 104 valence electrons. The summed E-state index contributed by atoms with van der Waals surface area (Å²) in [6, 6.07) is 11.2. The predicted molar refractivity (Wildman–Crippen MR) is 80.5 cm³/mol. The fraction of sp³-hybridized carbons (Fsp3) is 0. The van der Waals surface area contributed by atoms with E-state index in [1.54, 1.807) is 18.5 Å². The Morgan fingerprint density at radius 2 is 2.05 bits per heavy atom. The zero-order valence-corrected chi connectivity index (χ0v) is 11.0. The number of pyridine rings is 1. The first-order valence-electron chi connectivity index (χ1n) is 6.34. The molecule has 0 aliphatic rings. The summed E-state index contributed by atoms with van der Waals surface area (Å²) in [5.41, 5.74) is 6.42. The molecule has 0 saturated heterocycles. The van der Waals surface area contributed by atoms with Gasteiger partial charge in [0, 0.05) is 23.5 Å². The number of halogens is 1. The molecule has 3 rings (SSSR count). The number of hydrogen-bond acceptors (Lipinski definition) is 3. The molecule has 3 aromatic rings. The van der Waals surface area contributed by atoms with Crippen molar-refractivity contribution in [2.24, 2.45) is 0 Å². The maximum absolute atomic E-state index is 13.7. The molecule has 1 heterocycles. The van der Waals surface area contributed by atoms with Gasteiger partial charge >= 0.3 is 0 Å². The monoisotopic (exact) mass is 281 g/mol. The third-order valence-corrected chi connectivity index (χ3v) is 3.17. The van der Waals surface area contributed by atoms with Gasteiger partial charge in [-0.15, -0.1) is 0 Å². The van der Waals surface area contributed by atoms with Gasteiger partial charge in [-0.3, -0.25) is 9.78 Å². The molecule has 0 unspecified atom stereocenters. The lowest BCUT2D eigenvalue weighted by Crippen LogP contribution is -2.14. The van der Waals surface area contributed by atoms with Gasteiger partial charge in [-0.25, -0.2) is 4.39 Å². The molecule has 5 heteroatoms. The van der Waals surface area contributed by atoms with Crippen LogP contribution in [0, 0.1) is 5.82 Å². The van der Waals surface area contributed by atoms with Gasteiger partial charge in [0.05, 0.1) is 11.3 Å². The molecule has 0 atom stereocenters. The summed E-state index contributed by atoms with van der Waals surface area (Å²) in [7, 11) is 0. The van der Waals surface area contributed by atoms with Gasteiger partial charge in [-0.1, -0.05) is 12.1 Å². The summed E-state index contributed by atoms with van der Waals surface area (Å²) in [6.45, 7) is 0. The number of benzene rings is 2. The molecule has 0 aliphatic heterocycles. The van der Waals surface area contributed by atoms with Gasteiger partial charge in [-0.2, -0.15) is 0 Å². The molecular weight excluding hydrogens is 269 g/mol. The summed E-state index contributed by atoms with van der Waals surface area (Å²) in [5, 5.41) is 4.42. The van der Waals surface area contributed by atoms with Crippen LogP contribution in [0.1, 0.15) is 10.4 Å². The molecule has 21 heavy (non-hydrogen) atoms. The Labute approximate surface area is 120 Å². The highest BCUT2D eigenvalue weighted by molar-refractivity contribution is 6.09. The molecule has 4 nitrogen and oxygen atoms in total. The number of nitrogens with zero attached hydrogens (tertiary/aromatic N) is 1. The van der Waals surface area contributed by atoms with Crippen molar-refractivity contribution in [2.75, 3.05) is 11.1 Å². The van der Waals surface area contributed by atoms with Crippen LogP contribution in [0.25, 0.3) is 10.8 Å². The normalized spacial score (nSPS) is 10.5. The molecule has 0 saturated carbocycles. The second kappa shape index (κ2) is 5.20. The van der Waals surface area contributed by atoms with Crippen LogP contribution in [0.4, 0.5) is 15.8 Å². The maximum atomic E-state index is 13.7. The van der Waals surface area contributed by atoms with Gasteiger partial charge in [-0.05, 0) is 35.7 Å². The Morgan fingerprint density at radius 3 is 2.90 bits per heavy atom. The SMILES string of the molecule is Nc1ccc(F)c(C(=O)Nc2cccc3ccncc23)c1. The standard InChI is InChI=1S/C16H12FN3O/c17-14-5-4-11(18)8-12(14)16(21)20-15-3-1-2-10-6-7-19-9-13(10)15/h1-9H,18H2,(H,20,21). The first-order chi connectivity index (χ1) is 10.1. The fourth-order valence-electron chi connectivity index (χ4n) is 2.13. The summed E-state index contributed by atoms with van der Waals surface area (Å²) < 4.78 is 13.7. The number of hydrogen-bond donors (Lipinski definition) is 2. The molecule has 1 amide bonds. The first-order valence-corrected chi connectivity index (χ1v) is 6.34. The van der Waals surface area contributed by atoms with Crippen molar-refractivity contribution in [3.05, 3.63) is 66.2 Å². The fourth-order valence-corrected chi connectivity index (χ4v) is 2.13. The van der Waals surface area contributed by atoms with Crippen LogP contribution < -0.4 is 11.1 Å². The Bertz CT molecular complexity index is 827. The highest BCUT2D eigenvalue weighted by atomic mass is 19.1. The number of fused-ring (bicyclic) bond motifs is 1. The molecule has 0 bridgehead atoms. The average molecular weight is 281 g/mol. The quantitative estimate of drug-likeness (QED) is 0.709. The van der Waals surface area contributed by atoms with E-state index in [0.29, 0.717) is 11.4 Å². The number of nitrogens with two attached hydrogens (primary N) is 1. The number of aromatic nitrogens is 1. The molecule has 3 N–H and O–H groups in total. The highest BCUT2D eigenvalue weighted by Gasteiger charge is 2.13. The van der Waals surface area contributed by atoms with Gasteiger partial charge in [0.15, 0.2) is 0 Å². The van der Waals surface area contributed by atoms with E-state index in [0.717, 1.165) is 10.8 Å². The minimum atomic E-state index is -0.611. The number of nitrogens with one attached hydrogen (secondary N) is 1. The third kappa shape index (κ3) is 2.53. The van der Waals surface area contributed by atoms with E-state index in [-0.39, 0.29) is 5.56 Å². The summed E-state index contributed by atoms with van der Waals surface area (Å²) in [6.07, 6.45) is 3.33. The Morgan fingerprint density at radius 1 is 1.19 bits per heavy atom. The van der Waals surface area contributed by atoms with Crippen molar-refractivity contribution in [3.63, 3.8) is 0 Å². The van der Waals surface area contributed by atoms with Crippen LogP contribution in [0.15, 0.2) is 54.9 Å². The number of nitrogen functional groups attached to an aromatic ring is 1. The van der Waals surface area contributed by atoms with E-state index in [1.807, 2.05) is 18.2 Å². The van der Waals surface area contributed by atoms with Crippen molar-refractivity contribution in [1.29, 1.82) is 0 Å². The van der Waals surface area contributed by atoms with E-state index in [4.69, 9.17) is 5.73 Å². The van der Waals surface area contributed by atoms with Crippen molar-refractivity contribution in [1.82, 2.24) is 4.98 Å². The molecule has 0 fully saturated rings. The summed E-state index contributed by atoms with van der Waals surface area (Å²) >= 11 is 0. The van der Waals surface area contributed by atoms with E-state index in [1.165, 1.54) is 18.2 Å². The van der Waals surface area contributed by atoms with Gasteiger partial charge in [0.2, 0.25) is 0 Å². The number of carbonyl (C=O) groups excluding carboxylic acids is 1. The molecule has 0 aliphatic carbocycles. The molecular formula is C16H12FN3O. The number of amides is 1. The smallest absolute Gasteiger partial charge is 0.258 e. The zero-order chi connectivity index (χ0) is 14.8.